The number of nitrogens with zero attached hydrogens (tertiary/aromatic N) is 4. The van der Waals surface area contributed by atoms with Gasteiger partial charge in [0.2, 0.25) is 5.95 Å². The smallest absolute Gasteiger partial charge is 0.225 e. The van der Waals surface area contributed by atoms with Crippen molar-refractivity contribution in [3.63, 3.8) is 0 Å². The third-order valence-corrected chi connectivity index (χ3v) is 6.66. The fourth-order valence-corrected chi connectivity index (χ4v) is 4.69. The predicted octanol–water partition coefficient (Wildman–Crippen LogP) is 4.40. The van der Waals surface area contributed by atoms with Crippen molar-refractivity contribution in [2.75, 3.05) is 31.1 Å². The first-order valence-electron chi connectivity index (χ1n) is 10.8. The second-order valence-electron chi connectivity index (χ2n) is 8.54. The minimum atomic E-state index is -0.273. The van der Waals surface area contributed by atoms with Crippen molar-refractivity contribution in [2.45, 2.75) is 19.3 Å². The van der Waals surface area contributed by atoms with Gasteiger partial charge in [0.05, 0.1) is 17.3 Å². The van der Waals surface area contributed by atoms with Gasteiger partial charge in [-0.25, -0.2) is 14.4 Å². The second-order valence-corrected chi connectivity index (χ2v) is 8.54. The van der Waals surface area contributed by atoms with Gasteiger partial charge in [-0.1, -0.05) is 24.3 Å². The summed E-state index contributed by atoms with van der Waals surface area (Å²) in [5.74, 6) is 0.455. The Labute approximate surface area is 181 Å². The van der Waals surface area contributed by atoms with Crippen LogP contribution in [-0.2, 0) is 0 Å². The van der Waals surface area contributed by atoms with Crippen molar-refractivity contribution in [1.29, 1.82) is 5.26 Å². The van der Waals surface area contributed by atoms with Crippen molar-refractivity contribution < 1.29 is 4.39 Å². The fourth-order valence-electron chi connectivity index (χ4n) is 4.69. The van der Waals surface area contributed by atoms with E-state index in [0.29, 0.717) is 11.0 Å². The standard InChI is InChI=1S/C25H24FN5/c26-21-7-5-19(6-8-21)22-16-29-24(30-23(22)20-3-1-18(15-27)2-4-20)31-13-10-25(11-14-31)9-12-28-17-25/h1-8,16,28H,9-14,17H2. The van der Waals surface area contributed by atoms with Gasteiger partial charge in [0.15, 0.2) is 0 Å². The molecule has 156 valence electrons. The summed E-state index contributed by atoms with van der Waals surface area (Å²) in [6.07, 6.45) is 5.39. The number of hydrogen-bond donors (Lipinski definition) is 1. The van der Waals surface area contributed by atoms with E-state index >= 15 is 0 Å². The van der Waals surface area contributed by atoms with Gasteiger partial charge in [-0.05, 0) is 61.1 Å². The number of anilines is 1. The molecule has 2 fully saturated rings. The van der Waals surface area contributed by atoms with Crippen LogP contribution in [0.5, 0.6) is 0 Å². The molecular formula is C25H24FN5. The topological polar surface area (TPSA) is 64.8 Å². The van der Waals surface area contributed by atoms with Crippen LogP contribution in [0.2, 0.25) is 0 Å². The van der Waals surface area contributed by atoms with Crippen molar-refractivity contribution in [3.05, 3.63) is 66.1 Å². The first kappa shape index (κ1) is 19.7. The summed E-state index contributed by atoms with van der Waals surface area (Å²) in [5.41, 5.74) is 4.46. The Morgan fingerprint density at radius 3 is 2.32 bits per heavy atom. The molecular weight excluding hydrogens is 389 g/mol. The molecule has 0 atom stereocenters. The number of hydrogen-bond acceptors (Lipinski definition) is 5. The number of halogens is 1. The third kappa shape index (κ3) is 3.89. The molecule has 5 nitrogen and oxygen atoms in total. The molecule has 3 heterocycles. The Morgan fingerprint density at radius 2 is 1.68 bits per heavy atom. The van der Waals surface area contributed by atoms with E-state index in [4.69, 9.17) is 10.2 Å². The van der Waals surface area contributed by atoms with E-state index in [1.807, 2.05) is 18.3 Å². The molecule has 5 rings (SSSR count). The molecule has 1 spiro atoms. The van der Waals surface area contributed by atoms with Crippen molar-refractivity contribution in [1.82, 2.24) is 15.3 Å². The zero-order chi connectivity index (χ0) is 21.3. The Morgan fingerprint density at radius 1 is 0.968 bits per heavy atom. The fraction of sp³-hybridized carbons (Fsp3) is 0.320. The second kappa shape index (κ2) is 8.09. The average molecular weight is 414 g/mol. The maximum atomic E-state index is 13.5. The molecule has 0 amide bonds. The van der Waals surface area contributed by atoms with Crippen LogP contribution in [0.25, 0.3) is 22.4 Å². The number of aromatic nitrogens is 2. The summed E-state index contributed by atoms with van der Waals surface area (Å²) in [6.45, 7) is 4.13. The maximum absolute atomic E-state index is 13.5. The molecule has 2 saturated heterocycles. The Kier molecular flexibility index (Phi) is 5.13. The zero-order valence-corrected chi connectivity index (χ0v) is 17.3. The Balaban J connectivity index is 1.51. The number of nitriles is 1. The molecule has 31 heavy (non-hydrogen) atoms. The SMILES string of the molecule is N#Cc1ccc(-c2nc(N3CCC4(CCNC4)CC3)ncc2-c2ccc(F)cc2)cc1. The number of benzene rings is 2. The predicted molar refractivity (Wildman–Crippen MR) is 119 cm³/mol. The molecule has 3 aromatic rings. The summed E-state index contributed by atoms with van der Waals surface area (Å²) in [6, 6.07) is 16.0. The summed E-state index contributed by atoms with van der Waals surface area (Å²) < 4.78 is 13.5. The van der Waals surface area contributed by atoms with Crippen LogP contribution in [0.1, 0.15) is 24.8 Å². The highest BCUT2D eigenvalue weighted by atomic mass is 19.1. The first-order chi connectivity index (χ1) is 15.2. The zero-order valence-electron chi connectivity index (χ0n) is 17.3. The van der Waals surface area contributed by atoms with Gasteiger partial charge >= 0.3 is 0 Å². The molecule has 0 unspecified atom stereocenters. The highest BCUT2D eigenvalue weighted by Crippen LogP contribution is 2.38. The molecule has 0 radical (unpaired) electrons. The molecule has 0 aliphatic carbocycles. The van der Waals surface area contributed by atoms with E-state index in [1.165, 1.54) is 18.6 Å². The lowest BCUT2D eigenvalue weighted by Gasteiger charge is -2.39. The van der Waals surface area contributed by atoms with Crippen LogP contribution >= 0.6 is 0 Å². The van der Waals surface area contributed by atoms with Crippen molar-refractivity contribution in [2.24, 2.45) is 5.41 Å². The molecule has 0 saturated carbocycles. The van der Waals surface area contributed by atoms with E-state index < -0.39 is 0 Å². The molecule has 0 bridgehead atoms. The summed E-state index contributed by atoms with van der Waals surface area (Å²) in [4.78, 5) is 11.9. The highest BCUT2D eigenvalue weighted by molar-refractivity contribution is 5.81. The van der Waals surface area contributed by atoms with Crippen LogP contribution in [0.4, 0.5) is 10.3 Å². The van der Waals surface area contributed by atoms with Crippen LogP contribution in [0.15, 0.2) is 54.7 Å². The Hall–Kier alpha value is -3.30. The van der Waals surface area contributed by atoms with Gasteiger partial charge in [-0.3, -0.25) is 0 Å². The maximum Gasteiger partial charge on any atom is 0.225 e. The lowest BCUT2D eigenvalue weighted by atomic mass is 9.78. The van der Waals surface area contributed by atoms with E-state index in [0.717, 1.165) is 67.4 Å². The minimum absolute atomic E-state index is 0.273. The quantitative estimate of drug-likeness (QED) is 0.689. The number of rotatable bonds is 3. The third-order valence-electron chi connectivity index (χ3n) is 6.66. The van der Waals surface area contributed by atoms with Gasteiger partial charge in [0.1, 0.15) is 5.82 Å². The lowest BCUT2D eigenvalue weighted by Crippen LogP contribution is -2.42. The van der Waals surface area contributed by atoms with Gasteiger partial charge in [0, 0.05) is 37.0 Å². The minimum Gasteiger partial charge on any atom is -0.341 e. The molecule has 2 aliphatic rings. The largest absolute Gasteiger partial charge is 0.341 e. The average Bonchev–Trinajstić information content (AvgIpc) is 3.28. The monoisotopic (exact) mass is 413 g/mol. The van der Waals surface area contributed by atoms with E-state index in [1.54, 1.807) is 24.3 Å². The summed E-state index contributed by atoms with van der Waals surface area (Å²) >= 11 is 0. The van der Waals surface area contributed by atoms with Crippen LogP contribution < -0.4 is 10.2 Å². The number of nitrogens with one attached hydrogen (secondary N) is 1. The van der Waals surface area contributed by atoms with E-state index in [9.17, 15) is 4.39 Å². The van der Waals surface area contributed by atoms with Gasteiger partial charge in [-0.15, -0.1) is 0 Å². The first-order valence-corrected chi connectivity index (χ1v) is 10.8. The summed E-state index contributed by atoms with van der Waals surface area (Å²) in [5, 5.41) is 12.6. The molecule has 2 aromatic carbocycles. The van der Waals surface area contributed by atoms with E-state index in [-0.39, 0.29) is 5.82 Å². The molecule has 1 aromatic heterocycles. The van der Waals surface area contributed by atoms with Gasteiger partial charge < -0.3 is 10.2 Å². The van der Waals surface area contributed by atoms with Crippen molar-refractivity contribution in [3.8, 4) is 28.5 Å². The van der Waals surface area contributed by atoms with Crippen molar-refractivity contribution >= 4 is 5.95 Å². The normalized spacial score (nSPS) is 17.6. The van der Waals surface area contributed by atoms with Crippen LogP contribution in [0.3, 0.4) is 0 Å². The van der Waals surface area contributed by atoms with Gasteiger partial charge in [0.25, 0.3) is 0 Å². The number of piperidine rings is 1. The molecule has 2 aliphatic heterocycles. The van der Waals surface area contributed by atoms with E-state index in [2.05, 4.69) is 21.3 Å². The van der Waals surface area contributed by atoms with Crippen LogP contribution in [-0.4, -0.2) is 36.1 Å². The Bertz CT molecular complexity index is 1100. The van der Waals surface area contributed by atoms with Crippen LogP contribution in [0, 0.1) is 22.6 Å². The molecule has 1 N–H and O–H groups in total. The summed E-state index contributed by atoms with van der Waals surface area (Å²) in [7, 11) is 0. The lowest BCUT2D eigenvalue weighted by molar-refractivity contribution is 0.246. The molecule has 6 heteroatoms. The highest BCUT2D eigenvalue weighted by Gasteiger charge is 2.37. The van der Waals surface area contributed by atoms with Gasteiger partial charge in [-0.2, -0.15) is 5.26 Å².